The summed E-state index contributed by atoms with van der Waals surface area (Å²) < 4.78 is 11.4. The molecule has 36 nitrogen and oxygen atoms in total. The Morgan fingerprint density at radius 2 is 1.35 bits per heavy atom. The fourth-order valence-electron chi connectivity index (χ4n) is 12.0. The summed E-state index contributed by atoms with van der Waals surface area (Å²) in [6.45, 7) is 5.15. The molecule has 0 spiro atoms. The average molecular weight is 1560 g/mol. The highest BCUT2D eigenvalue weighted by Crippen LogP contribution is 2.26. The van der Waals surface area contributed by atoms with Gasteiger partial charge in [0, 0.05) is 80.4 Å². The Bertz CT molecular complexity index is 3680. The maximum absolute atomic E-state index is 15.0. The number of nitrogens with zero attached hydrogens (tertiary/aromatic N) is 2. The van der Waals surface area contributed by atoms with E-state index in [9.17, 15) is 72.5 Å². The molecule has 1 aromatic heterocycles. The average Bonchev–Trinajstić information content (AvgIpc) is 1.73. The molecule has 600 valence electrons. The third-order valence-corrected chi connectivity index (χ3v) is 19.7. The zero-order valence-electron chi connectivity index (χ0n) is 62.0. The lowest BCUT2D eigenvalue weighted by molar-refractivity contribution is -0.143. The molecule has 1 saturated heterocycles. The number of benzene rings is 2. The molecule has 2 aliphatic rings. The van der Waals surface area contributed by atoms with E-state index in [4.69, 9.17) is 36.9 Å². The number of guanidine groups is 1. The predicted molar refractivity (Wildman–Crippen MR) is 404 cm³/mol. The van der Waals surface area contributed by atoms with E-state index in [-0.39, 0.29) is 95.8 Å². The molecule has 1 fully saturated rings. The second-order valence-corrected chi connectivity index (χ2v) is 28.5. The van der Waals surface area contributed by atoms with Crippen molar-refractivity contribution in [3.63, 3.8) is 0 Å². The van der Waals surface area contributed by atoms with Crippen molar-refractivity contribution in [2.24, 2.45) is 28.3 Å². The van der Waals surface area contributed by atoms with Crippen LogP contribution in [0.3, 0.4) is 0 Å². The fourth-order valence-corrected chi connectivity index (χ4v) is 13.5. The van der Waals surface area contributed by atoms with Gasteiger partial charge in [0.05, 0.1) is 13.0 Å². The van der Waals surface area contributed by atoms with Gasteiger partial charge in [-0.05, 0) is 131 Å². The van der Waals surface area contributed by atoms with E-state index < -0.39 is 168 Å². The number of aromatic nitrogens is 1. The quantitative estimate of drug-likeness (QED) is 0.0328. The highest BCUT2D eigenvalue weighted by Gasteiger charge is 2.41. The van der Waals surface area contributed by atoms with Crippen molar-refractivity contribution in [2.75, 3.05) is 52.0 Å². The number of methoxy groups -OCH3 is 1. The fraction of sp³-hybridized carbons (Fsp3) is 0.577. The molecule has 5 rings (SSSR count). The molecule has 11 atom stereocenters. The molecule has 2 bridgehead atoms. The summed E-state index contributed by atoms with van der Waals surface area (Å²) in [6, 6.07) is -2.39. The number of carbonyl (C=O) groups excluding carboxylic acids is 12. The highest BCUT2D eigenvalue weighted by atomic mass is 32.2. The number of nitrogens with one attached hydrogen (secondary N) is 12. The van der Waals surface area contributed by atoms with Crippen LogP contribution in [0, 0.1) is 11.3 Å². The standard InChI is InChI=1S/C71H105N17O19S2/c1-6-40(2)60-69(103)85-52(33-44-35-77-47-17-10-9-16-46(44)47)66(100)81-49(18-13-21-56(72)89)63(97)82-50(22-23-58(91)92)64(98)86-54(61(73)95)39-109-38-43-30-42(37-108-5)31-45(32-43)106-27-11-7-8-12-28-107-78-36-57(90)80-48(19-14-25-76-71(74)75)62(96)79-41(3)70(104)88-26-15-20-55(88)68(102)83-51(24-29-105-4)65(99)84-53(34-59(93)94)67(101)87-60/h9-10,16-17,30-32,35-36,40-41,48-55,60,77H,6-8,11-15,18-29,33-34,37-39H2,1-5H3,(H2,72,89)(H2,73,95)(H,79,96)(H,80,90)(H,81,100)(H,82,97)(H,83,102)(H,84,99)(H,85,103)(H,86,98)(H,87,101)(H,91,92)(H,93,94)(H4,74,75,76)/b78-36+/t40-,41-,48-,49-,50-,51-,52-,53-,54-,55-,60-/m0/s1. The van der Waals surface area contributed by atoms with Crippen LogP contribution in [0.2, 0.25) is 0 Å². The van der Waals surface area contributed by atoms with Crippen molar-refractivity contribution in [1.29, 1.82) is 5.41 Å². The molecular weight excluding hydrogens is 1460 g/mol. The van der Waals surface area contributed by atoms with Crippen LogP contribution in [0.25, 0.3) is 10.9 Å². The number of hydrogen-bond donors (Lipinski definition) is 17. The molecule has 20 N–H and O–H groups in total. The molecule has 12 amide bonds. The Kier molecular flexibility index (Phi) is 38.4. The number of ether oxygens (including phenoxy) is 2. The maximum atomic E-state index is 15.0. The lowest BCUT2D eigenvalue weighted by Gasteiger charge is -2.30. The van der Waals surface area contributed by atoms with Crippen LogP contribution in [0.5, 0.6) is 5.75 Å². The Hall–Kier alpha value is -10.2. The van der Waals surface area contributed by atoms with Gasteiger partial charge >= 0.3 is 11.9 Å². The van der Waals surface area contributed by atoms with E-state index in [1.54, 1.807) is 56.1 Å². The minimum absolute atomic E-state index is 0.00564. The molecule has 3 heterocycles. The highest BCUT2D eigenvalue weighted by molar-refractivity contribution is 7.98. The summed E-state index contributed by atoms with van der Waals surface area (Å²) in [5.74, 6) is -13.8. The number of thioether (sulfide) groups is 2. The normalized spacial score (nSPS) is 23.7. The van der Waals surface area contributed by atoms with Crippen molar-refractivity contribution in [1.82, 2.24) is 63.1 Å². The summed E-state index contributed by atoms with van der Waals surface area (Å²) in [5, 5.41) is 57.6. The first-order chi connectivity index (χ1) is 52.0. The molecule has 2 aliphatic heterocycles. The topological polar surface area (TPSA) is 561 Å². The van der Waals surface area contributed by atoms with Gasteiger partial charge in [-0.25, -0.2) is 0 Å². The lowest BCUT2D eigenvalue weighted by atomic mass is 9.96. The number of amides is 12. The van der Waals surface area contributed by atoms with Gasteiger partial charge in [0.2, 0.25) is 65.0 Å². The molecule has 0 radical (unpaired) electrons. The van der Waals surface area contributed by atoms with E-state index in [1.165, 1.54) is 30.7 Å². The first-order valence-corrected chi connectivity index (χ1v) is 38.7. The number of hydrogen-bond acceptors (Lipinski definition) is 21. The number of carboxylic acid groups (broad SMARTS) is 2. The Morgan fingerprint density at radius 1 is 0.725 bits per heavy atom. The van der Waals surface area contributed by atoms with E-state index in [0.29, 0.717) is 66.0 Å². The second kappa shape index (κ2) is 46.9. The number of rotatable bonds is 23. The van der Waals surface area contributed by atoms with Gasteiger partial charge in [0.25, 0.3) is 5.91 Å². The van der Waals surface area contributed by atoms with Crippen LogP contribution in [0.4, 0.5) is 0 Å². The molecule has 38 heteroatoms. The van der Waals surface area contributed by atoms with Gasteiger partial charge in [-0.2, -0.15) is 23.5 Å². The van der Waals surface area contributed by atoms with Gasteiger partial charge in [-0.1, -0.05) is 49.7 Å². The van der Waals surface area contributed by atoms with E-state index in [2.05, 4.69) is 63.3 Å². The van der Waals surface area contributed by atoms with Crippen LogP contribution in [0.15, 0.2) is 53.8 Å². The number of oxime groups is 1. The monoisotopic (exact) mass is 1560 g/mol. The van der Waals surface area contributed by atoms with Crippen molar-refractivity contribution in [2.45, 2.75) is 202 Å². The van der Waals surface area contributed by atoms with Crippen LogP contribution < -0.4 is 75.1 Å². The van der Waals surface area contributed by atoms with E-state index >= 15 is 4.79 Å². The van der Waals surface area contributed by atoms with E-state index in [1.807, 2.05) is 24.5 Å². The maximum Gasteiger partial charge on any atom is 0.305 e. The van der Waals surface area contributed by atoms with Crippen LogP contribution in [-0.4, -0.2) is 228 Å². The van der Waals surface area contributed by atoms with Crippen molar-refractivity contribution in [3.8, 4) is 5.75 Å². The lowest BCUT2D eigenvalue weighted by Crippen LogP contribution is -2.61. The number of aliphatic carboxylic acids is 2. The molecule has 0 unspecified atom stereocenters. The number of fused-ring (bicyclic) bond motifs is 4. The van der Waals surface area contributed by atoms with Gasteiger partial charge in [0.15, 0.2) is 5.96 Å². The number of aromatic amines is 1. The predicted octanol–water partition coefficient (Wildman–Crippen LogP) is -0.338. The molecule has 109 heavy (non-hydrogen) atoms. The Labute approximate surface area is 639 Å². The summed E-state index contributed by atoms with van der Waals surface area (Å²) >= 11 is 2.82. The van der Waals surface area contributed by atoms with Gasteiger partial charge < -0.3 is 105 Å². The van der Waals surface area contributed by atoms with Gasteiger partial charge in [-0.3, -0.25) is 72.5 Å². The van der Waals surface area contributed by atoms with Crippen molar-refractivity contribution in [3.05, 3.63) is 65.4 Å². The smallest absolute Gasteiger partial charge is 0.305 e. The SMILES string of the molecule is CC[C@H](C)[C@@H]1NC(=O)[C@H](CC(=O)O)NC(=O)[C@H](CCOC)NC(=O)[C@@H]2CCCN2C(=O)[C@H](C)NC(=O)[C@H](CCCNC(=N)N)NC(=O)/C=N/OCCCCCCOc2cc(CSC)cc(c2)CSC[C@@H](C(N)=O)NC(=O)[C@H](CCC(=O)O)NC(=O)[C@H](CCCC(N)=O)NC(=O)[C@H](Cc2c[nH]c3ccccc23)NC1=O. The van der Waals surface area contributed by atoms with Gasteiger partial charge in [-0.15, -0.1) is 0 Å². The Balaban J connectivity index is 1.51. The number of para-hydroxylation sites is 1. The van der Waals surface area contributed by atoms with Crippen LogP contribution in [0.1, 0.15) is 140 Å². The zero-order valence-corrected chi connectivity index (χ0v) is 63.6. The largest absolute Gasteiger partial charge is 0.494 e. The molecule has 0 aliphatic carbocycles. The number of carbonyl (C=O) groups is 14. The molecule has 3 aromatic rings. The summed E-state index contributed by atoms with van der Waals surface area (Å²) in [4.78, 5) is 203. The summed E-state index contributed by atoms with van der Waals surface area (Å²) in [7, 11) is 1.31. The van der Waals surface area contributed by atoms with Crippen LogP contribution in [-0.2, 0) is 94.6 Å². The van der Waals surface area contributed by atoms with Crippen LogP contribution >= 0.6 is 23.5 Å². The van der Waals surface area contributed by atoms with Crippen molar-refractivity contribution >= 4 is 129 Å². The summed E-state index contributed by atoms with van der Waals surface area (Å²) in [5.41, 5.74) is 19.7. The number of carboxylic acids is 2. The molecule has 0 saturated carbocycles. The number of H-pyrrole nitrogens is 1. The third kappa shape index (κ3) is 31.1. The molecule has 2 aromatic carbocycles. The number of nitrogens with two attached hydrogens (primary N) is 3. The molecular formula is C71H105N17O19S2. The second-order valence-electron chi connectivity index (χ2n) is 26.6. The first-order valence-electron chi connectivity index (χ1n) is 36.2. The minimum atomic E-state index is -1.94. The van der Waals surface area contributed by atoms with Crippen molar-refractivity contribution < 1.29 is 91.6 Å². The summed E-state index contributed by atoms with van der Waals surface area (Å²) in [6.07, 6.45) is 4.34. The third-order valence-electron chi connectivity index (χ3n) is 18.0. The first kappa shape index (κ1) is 89.4. The van der Waals surface area contributed by atoms with E-state index in [0.717, 1.165) is 23.8 Å². The number of primary amides is 2. The zero-order chi connectivity index (χ0) is 80.1. The Morgan fingerprint density at radius 3 is 2.02 bits per heavy atom. The minimum Gasteiger partial charge on any atom is -0.494 e. The van der Waals surface area contributed by atoms with Gasteiger partial charge in [0.1, 0.15) is 79.0 Å².